The summed E-state index contributed by atoms with van der Waals surface area (Å²) in [5.41, 5.74) is 0. The van der Waals surface area contributed by atoms with E-state index in [9.17, 15) is 0 Å². The summed E-state index contributed by atoms with van der Waals surface area (Å²) in [5, 5.41) is 3.56. The minimum Gasteiger partial charge on any atom is -0.335 e. The molecular formula is C11H19N3. The van der Waals surface area contributed by atoms with Crippen LogP contribution in [0.5, 0.6) is 0 Å². The molecule has 1 unspecified atom stereocenters. The lowest BCUT2D eigenvalue weighted by Crippen LogP contribution is -2.36. The maximum absolute atomic E-state index is 4.40. The van der Waals surface area contributed by atoms with E-state index >= 15 is 0 Å². The van der Waals surface area contributed by atoms with E-state index in [0.29, 0.717) is 6.04 Å². The van der Waals surface area contributed by atoms with Crippen molar-refractivity contribution in [3.8, 4) is 0 Å². The Bertz CT molecular complexity index is 274. The lowest BCUT2D eigenvalue weighted by molar-refractivity contribution is 0.390. The fourth-order valence-electron chi connectivity index (χ4n) is 2.14. The van der Waals surface area contributed by atoms with Crippen molar-refractivity contribution in [1.82, 2.24) is 14.9 Å². The molecule has 2 heterocycles. The Hall–Kier alpha value is -0.830. The molecule has 1 aromatic heterocycles. The van der Waals surface area contributed by atoms with Gasteiger partial charge in [0, 0.05) is 31.4 Å². The van der Waals surface area contributed by atoms with E-state index in [1.807, 2.05) is 6.20 Å². The molecule has 1 atom stereocenters. The Labute approximate surface area is 85.5 Å². The van der Waals surface area contributed by atoms with Crippen LogP contribution < -0.4 is 5.32 Å². The first kappa shape index (κ1) is 9.71. The van der Waals surface area contributed by atoms with Crippen LogP contribution in [0.3, 0.4) is 0 Å². The number of aryl methyl sites for hydroxylation is 1. The predicted molar refractivity (Wildman–Crippen MR) is 57.2 cm³/mol. The Balaban J connectivity index is 1.95. The van der Waals surface area contributed by atoms with Crippen molar-refractivity contribution in [1.29, 1.82) is 0 Å². The van der Waals surface area contributed by atoms with Gasteiger partial charge in [0.05, 0.1) is 0 Å². The molecule has 3 nitrogen and oxygen atoms in total. The molecular weight excluding hydrogens is 174 g/mol. The molecule has 0 amide bonds. The molecule has 2 rings (SSSR count). The minimum atomic E-state index is 0.649. The number of hydrogen-bond acceptors (Lipinski definition) is 2. The first-order chi connectivity index (χ1) is 6.90. The molecule has 1 aliphatic heterocycles. The van der Waals surface area contributed by atoms with Gasteiger partial charge >= 0.3 is 0 Å². The highest BCUT2D eigenvalue weighted by Gasteiger charge is 2.14. The number of nitrogens with zero attached hydrogens (tertiary/aromatic N) is 2. The highest BCUT2D eigenvalue weighted by atomic mass is 15.1. The van der Waals surface area contributed by atoms with Gasteiger partial charge in [-0.25, -0.2) is 4.98 Å². The van der Waals surface area contributed by atoms with Gasteiger partial charge in [0.15, 0.2) is 0 Å². The molecule has 0 aliphatic carbocycles. The maximum Gasteiger partial charge on any atom is 0.110 e. The van der Waals surface area contributed by atoms with Crippen molar-refractivity contribution in [2.24, 2.45) is 0 Å². The topological polar surface area (TPSA) is 29.9 Å². The van der Waals surface area contributed by atoms with Crippen LogP contribution in [0, 0.1) is 0 Å². The maximum atomic E-state index is 4.40. The summed E-state index contributed by atoms with van der Waals surface area (Å²) in [6.07, 6.45) is 9.06. The van der Waals surface area contributed by atoms with Gasteiger partial charge in [0.2, 0.25) is 0 Å². The van der Waals surface area contributed by atoms with Gasteiger partial charge in [-0.05, 0) is 26.3 Å². The van der Waals surface area contributed by atoms with Gasteiger partial charge in [0.25, 0.3) is 0 Å². The monoisotopic (exact) mass is 193 g/mol. The van der Waals surface area contributed by atoms with Crippen LogP contribution in [-0.2, 0) is 13.0 Å². The summed E-state index contributed by atoms with van der Waals surface area (Å²) in [6, 6.07) is 0.649. The first-order valence-electron chi connectivity index (χ1n) is 5.63. The molecule has 3 heteroatoms. The van der Waals surface area contributed by atoms with Crippen molar-refractivity contribution in [2.45, 2.75) is 45.2 Å². The summed E-state index contributed by atoms with van der Waals surface area (Å²) in [5.74, 6) is 1.23. The average Bonchev–Trinajstić information content (AvgIpc) is 2.67. The fourth-order valence-corrected chi connectivity index (χ4v) is 2.14. The van der Waals surface area contributed by atoms with Crippen LogP contribution in [0.1, 0.15) is 32.0 Å². The number of hydrogen-bond donors (Lipinski definition) is 1. The van der Waals surface area contributed by atoms with E-state index in [0.717, 1.165) is 13.0 Å². The van der Waals surface area contributed by atoms with E-state index in [4.69, 9.17) is 0 Å². The van der Waals surface area contributed by atoms with E-state index in [1.54, 1.807) is 0 Å². The zero-order chi connectivity index (χ0) is 9.80. The molecule has 1 saturated heterocycles. The molecule has 1 aromatic rings. The summed E-state index contributed by atoms with van der Waals surface area (Å²) in [6.45, 7) is 4.37. The first-order valence-corrected chi connectivity index (χ1v) is 5.63. The summed E-state index contributed by atoms with van der Waals surface area (Å²) in [4.78, 5) is 4.40. The number of rotatable bonds is 3. The van der Waals surface area contributed by atoms with Gasteiger partial charge in [-0.3, -0.25) is 0 Å². The highest BCUT2D eigenvalue weighted by Crippen LogP contribution is 2.11. The minimum absolute atomic E-state index is 0.649. The van der Waals surface area contributed by atoms with Crippen LogP contribution in [-0.4, -0.2) is 22.1 Å². The number of aromatic nitrogens is 2. The van der Waals surface area contributed by atoms with Gasteiger partial charge < -0.3 is 9.88 Å². The Kier molecular flexibility index (Phi) is 3.19. The molecule has 0 aromatic carbocycles. The summed E-state index contributed by atoms with van der Waals surface area (Å²) < 4.78 is 2.23. The van der Waals surface area contributed by atoms with Crippen molar-refractivity contribution in [2.75, 3.05) is 6.54 Å². The molecule has 1 fully saturated rings. The van der Waals surface area contributed by atoms with Gasteiger partial charge in [-0.1, -0.05) is 6.42 Å². The Morgan fingerprint density at radius 2 is 2.50 bits per heavy atom. The third kappa shape index (κ3) is 2.15. The van der Waals surface area contributed by atoms with Crippen LogP contribution >= 0.6 is 0 Å². The zero-order valence-corrected chi connectivity index (χ0v) is 8.87. The molecule has 0 saturated carbocycles. The van der Waals surface area contributed by atoms with Crippen LogP contribution in [0.25, 0.3) is 0 Å². The molecule has 14 heavy (non-hydrogen) atoms. The lowest BCUT2D eigenvalue weighted by Gasteiger charge is -2.23. The average molecular weight is 193 g/mol. The summed E-state index contributed by atoms with van der Waals surface area (Å²) >= 11 is 0. The molecule has 78 valence electrons. The Morgan fingerprint density at radius 1 is 1.57 bits per heavy atom. The second-order valence-electron chi connectivity index (χ2n) is 3.98. The van der Waals surface area contributed by atoms with Gasteiger partial charge in [0.1, 0.15) is 5.82 Å². The van der Waals surface area contributed by atoms with Crippen molar-refractivity contribution < 1.29 is 0 Å². The second-order valence-corrected chi connectivity index (χ2v) is 3.98. The smallest absolute Gasteiger partial charge is 0.110 e. The normalized spacial score (nSPS) is 22.5. The quantitative estimate of drug-likeness (QED) is 0.790. The number of imidazole rings is 1. The Morgan fingerprint density at radius 3 is 3.21 bits per heavy atom. The fraction of sp³-hybridized carbons (Fsp3) is 0.727. The lowest BCUT2D eigenvalue weighted by atomic mass is 10.0. The van der Waals surface area contributed by atoms with E-state index < -0.39 is 0 Å². The zero-order valence-electron chi connectivity index (χ0n) is 8.87. The van der Waals surface area contributed by atoms with Crippen molar-refractivity contribution in [3.63, 3.8) is 0 Å². The predicted octanol–water partition coefficient (Wildman–Crippen LogP) is 1.59. The third-order valence-electron chi connectivity index (χ3n) is 2.98. The molecule has 1 aliphatic rings. The van der Waals surface area contributed by atoms with Crippen LogP contribution in [0.15, 0.2) is 12.4 Å². The molecule has 0 bridgehead atoms. The number of nitrogens with one attached hydrogen (secondary N) is 1. The van der Waals surface area contributed by atoms with Gasteiger partial charge in [-0.15, -0.1) is 0 Å². The molecule has 1 N–H and O–H groups in total. The second kappa shape index (κ2) is 4.60. The van der Waals surface area contributed by atoms with Crippen molar-refractivity contribution >= 4 is 0 Å². The third-order valence-corrected chi connectivity index (χ3v) is 2.98. The van der Waals surface area contributed by atoms with Crippen LogP contribution in [0.4, 0.5) is 0 Å². The largest absolute Gasteiger partial charge is 0.335 e. The van der Waals surface area contributed by atoms with Gasteiger partial charge in [-0.2, -0.15) is 0 Å². The van der Waals surface area contributed by atoms with E-state index in [1.165, 1.54) is 31.6 Å². The SMILES string of the molecule is CCn1ccnc1CC1CCCCN1. The van der Waals surface area contributed by atoms with E-state index in [-0.39, 0.29) is 0 Å². The highest BCUT2D eigenvalue weighted by molar-refractivity contribution is 4.96. The standard InChI is InChI=1S/C11H19N3/c1-2-14-8-7-13-11(14)9-10-5-3-4-6-12-10/h7-8,10,12H,2-6,9H2,1H3. The number of piperidine rings is 1. The van der Waals surface area contributed by atoms with Crippen LogP contribution in [0.2, 0.25) is 0 Å². The molecule has 0 spiro atoms. The molecule has 0 radical (unpaired) electrons. The van der Waals surface area contributed by atoms with E-state index in [2.05, 4.69) is 28.0 Å². The summed E-state index contributed by atoms with van der Waals surface area (Å²) in [7, 11) is 0. The van der Waals surface area contributed by atoms with Crippen molar-refractivity contribution in [3.05, 3.63) is 18.2 Å².